The van der Waals surface area contributed by atoms with Gasteiger partial charge in [-0.1, -0.05) is 56.1 Å². The van der Waals surface area contributed by atoms with Gasteiger partial charge in [0.2, 0.25) is 5.91 Å². The number of anilines is 1. The van der Waals surface area contributed by atoms with Gasteiger partial charge in [-0.05, 0) is 18.6 Å². The minimum Gasteiger partial charge on any atom is -0.325 e. The van der Waals surface area contributed by atoms with E-state index >= 15 is 0 Å². The van der Waals surface area contributed by atoms with E-state index in [0.29, 0.717) is 22.9 Å². The maximum atomic E-state index is 12.8. The number of unbranched alkanes of at least 4 members (excludes halogenated alkanes) is 3. The lowest BCUT2D eigenvalue weighted by atomic mass is 10.2. The normalized spacial score (nSPS) is 11.2. The summed E-state index contributed by atoms with van der Waals surface area (Å²) in [6.45, 7) is 2.76. The molecule has 1 N–H and O–H groups in total. The molecule has 9 heteroatoms. The van der Waals surface area contributed by atoms with Gasteiger partial charge in [0.15, 0.2) is 16.3 Å². The Morgan fingerprint density at radius 1 is 1.07 bits per heavy atom. The van der Waals surface area contributed by atoms with E-state index < -0.39 is 5.69 Å². The van der Waals surface area contributed by atoms with Crippen LogP contribution >= 0.6 is 11.8 Å². The topological polar surface area (TPSA) is 90.9 Å². The van der Waals surface area contributed by atoms with E-state index in [1.165, 1.54) is 23.4 Å². The van der Waals surface area contributed by atoms with Crippen LogP contribution in [0.15, 0.2) is 45.1 Å². The van der Waals surface area contributed by atoms with E-state index in [2.05, 4.69) is 17.2 Å². The number of imidazole rings is 1. The van der Waals surface area contributed by atoms with Crippen molar-refractivity contribution >= 4 is 34.5 Å². The summed E-state index contributed by atoms with van der Waals surface area (Å²) >= 11 is 1.27. The molecule has 2 heterocycles. The second kappa shape index (κ2) is 9.80. The Kier molecular flexibility index (Phi) is 7.15. The van der Waals surface area contributed by atoms with Gasteiger partial charge in [-0.15, -0.1) is 0 Å². The first-order valence-corrected chi connectivity index (χ1v) is 11.1. The number of thioether (sulfide) groups is 1. The molecule has 30 heavy (non-hydrogen) atoms. The number of aromatic nitrogens is 4. The molecule has 160 valence electrons. The maximum Gasteiger partial charge on any atom is 0.332 e. The number of amides is 1. The van der Waals surface area contributed by atoms with Gasteiger partial charge in [-0.25, -0.2) is 9.78 Å². The number of fused-ring (bicyclic) bond motifs is 1. The fourth-order valence-corrected chi connectivity index (χ4v) is 4.11. The van der Waals surface area contributed by atoms with E-state index in [0.717, 1.165) is 35.9 Å². The summed E-state index contributed by atoms with van der Waals surface area (Å²) in [6.07, 6.45) is 4.17. The summed E-state index contributed by atoms with van der Waals surface area (Å²) in [5.74, 6) is -0.000814. The predicted octanol–water partition coefficient (Wildman–Crippen LogP) is 2.74. The molecule has 2 aromatic heterocycles. The monoisotopic (exact) mass is 429 g/mol. The smallest absolute Gasteiger partial charge is 0.325 e. The van der Waals surface area contributed by atoms with E-state index in [1.807, 2.05) is 34.9 Å². The summed E-state index contributed by atoms with van der Waals surface area (Å²) in [7, 11) is 3.08. The minimum absolute atomic E-state index is 0.154. The van der Waals surface area contributed by atoms with Crippen molar-refractivity contribution in [3.8, 4) is 0 Å². The van der Waals surface area contributed by atoms with Crippen molar-refractivity contribution in [2.45, 2.75) is 44.3 Å². The lowest BCUT2D eigenvalue weighted by molar-refractivity contribution is -0.113. The lowest BCUT2D eigenvalue weighted by Crippen LogP contribution is -2.37. The summed E-state index contributed by atoms with van der Waals surface area (Å²) in [5, 5.41) is 3.42. The van der Waals surface area contributed by atoms with Gasteiger partial charge in [-0.3, -0.25) is 18.7 Å². The van der Waals surface area contributed by atoms with Gasteiger partial charge in [0, 0.05) is 26.3 Å². The standard InChI is InChI=1S/C21H27N5O3S/c1-4-5-6-10-13-26-17-18(24(2)21(29)25(3)19(17)28)23-20(26)30-14-16(27)22-15-11-8-7-9-12-15/h7-9,11-12H,4-6,10,13-14H2,1-3H3,(H,22,27). The molecule has 0 spiro atoms. The molecular weight excluding hydrogens is 402 g/mol. The van der Waals surface area contributed by atoms with Crippen LogP contribution in [0.5, 0.6) is 0 Å². The first-order valence-electron chi connectivity index (χ1n) is 10.1. The average Bonchev–Trinajstić information content (AvgIpc) is 3.11. The van der Waals surface area contributed by atoms with Gasteiger partial charge in [0.05, 0.1) is 5.75 Å². The SMILES string of the molecule is CCCCCCn1c(SCC(=O)Nc2ccccc2)nc2c1c(=O)n(C)c(=O)n2C. The molecule has 0 fully saturated rings. The molecule has 0 radical (unpaired) electrons. The van der Waals surface area contributed by atoms with Crippen molar-refractivity contribution in [3.63, 3.8) is 0 Å². The van der Waals surface area contributed by atoms with E-state index in [4.69, 9.17) is 0 Å². The number of nitrogens with one attached hydrogen (secondary N) is 1. The Labute approximate surface area is 178 Å². The third kappa shape index (κ3) is 4.67. The summed E-state index contributed by atoms with van der Waals surface area (Å²) < 4.78 is 4.34. The molecule has 8 nitrogen and oxygen atoms in total. The molecule has 0 saturated carbocycles. The van der Waals surface area contributed by atoms with E-state index in [9.17, 15) is 14.4 Å². The number of aryl methyl sites for hydroxylation is 2. The van der Waals surface area contributed by atoms with Crippen LogP contribution in [0, 0.1) is 0 Å². The first kappa shape index (κ1) is 21.9. The van der Waals surface area contributed by atoms with Crippen LogP contribution in [0.1, 0.15) is 32.6 Å². The summed E-state index contributed by atoms with van der Waals surface area (Å²) in [4.78, 5) is 42.0. The van der Waals surface area contributed by atoms with Crippen molar-refractivity contribution < 1.29 is 4.79 Å². The summed E-state index contributed by atoms with van der Waals surface area (Å²) in [5.41, 5.74) is 0.706. The van der Waals surface area contributed by atoms with E-state index in [1.54, 1.807) is 7.05 Å². The van der Waals surface area contributed by atoms with Gasteiger partial charge in [0.1, 0.15) is 0 Å². The molecule has 0 aliphatic carbocycles. The van der Waals surface area contributed by atoms with Crippen LogP contribution in [-0.2, 0) is 25.4 Å². The number of carbonyl (C=O) groups excluding carboxylic acids is 1. The maximum absolute atomic E-state index is 12.8. The number of hydrogen-bond donors (Lipinski definition) is 1. The highest BCUT2D eigenvalue weighted by Gasteiger charge is 2.20. The van der Waals surface area contributed by atoms with Crippen molar-refractivity contribution in [2.75, 3.05) is 11.1 Å². The third-order valence-corrected chi connectivity index (χ3v) is 5.91. The number of hydrogen-bond acceptors (Lipinski definition) is 5. The Bertz CT molecular complexity index is 1150. The van der Waals surface area contributed by atoms with Crippen LogP contribution < -0.4 is 16.6 Å². The molecule has 0 aliphatic heterocycles. The van der Waals surface area contributed by atoms with Crippen molar-refractivity contribution in [3.05, 3.63) is 51.2 Å². The van der Waals surface area contributed by atoms with Gasteiger partial charge in [-0.2, -0.15) is 0 Å². The van der Waals surface area contributed by atoms with Crippen molar-refractivity contribution in [1.82, 2.24) is 18.7 Å². The average molecular weight is 430 g/mol. The van der Waals surface area contributed by atoms with Crippen LogP contribution in [0.25, 0.3) is 11.2 Å². The highest BCUT2D eigenvalue weighted by atomic mass is 32.2. The Morgan fingerprint density at radius 3 is 2.50 bits per heavy atom. The second-order valence-corrected chi connectivity index (χ2v) is 8.13. The van der Waals surface area contributed by atoms with Gasteiger partial charge < -0.3 is 9.88 Å². The van der Waals surface area contributed by atoms with Crippen molar-refractivity contribution in [2.24, 2.45) is 14.1 Å². The molecule has 0 unspecified atom stereocenters. The predicted molar refractivity (Wildman–Crippen MR) is 120 cm³/mol. The number of nitrogens with zero attached hydrogens (tertiary/aromatic N) is 4. The largest absolute Gasteiger partial charge is 0.332 e. The molecule has 1 amide bonds. The Balaban J connectivity index is 1.89. The molecule has 0 atom stereocenters. The fourth-order valence-electron chi connectivity index (χ4n) is 3.29. The Morgan fingerprint density at radius 2 is 1.80 bits per heavy atom. The van der Waals surface area contributed by atoms with Gasteiger partial charge in [0.25, 0.3) is 5.56 Å². The lowest BCUT2D eigenvalue weighted by Gasteiger charge is -2.09. The highest BCUT2D eigenvalue weighted by molar-refractivity contribution is 7.99. The molecular formula is C21H27N5O3S. The van der Waals surface area contributed by atoms with E-state index in [-0.39, 0.29) is 17.2 Å². The number of carbonyl (C=O) groups is 1. The van der Waals surface area contributed by atoms with Crippen LogP contribution in [0.3, 0.4) is 0 Å². The van der Waals surface area contributed by atoms with Crippen molar-refractivity contribution in [1.29, 1.82) is 0 Å². The molecule has 0 aliphatic rings. The zero-order chi connectivity index (χ0) is 21.7. The second-order valence-electron chi connectivity index (χ2n) is 7.19. The molecule has 3 aromatic rings. The van der Waals surface area contributed by atoms with Crippen LogP contribution in [0.4, 0.5) is 5.69 Å². The van der Waals surface area contributed by atoms with Crippen LogP contribution in [0.2, 0.25) is 0 Å². The summed E-state index contributed by atoms with van der Waals surface area (Å²) in [6, 6.07) is 9.25. The molecule has 1 aromatic carbocycles. The third-order valence-electron chi connectivity index (χ3n) is 4.94. The fraction of sp³-hybridized carbons (Fsp3) is 0.429. The molecule has 0 saturated heterocycles. The zero-order valence-corrected chi connectivity index (χ0v) is 18.4. The first-order chi connectivity index (χ1) is 14.4. The van der Waals surface area contributed by atoms with Gasteiger partial charge >= 0.3 is 5.69 Å². The zero-order valence-electron chi connectivity index (χ0n) is 17.6. The highest BCUT2D eigenvalue weighted by Crippen LogP contribution is 2.23. The molecule has 0 bridgehead atoms. The number of benzene rings is 1. The minimum atomic E-state index is -0.415. The van der Waals surface area contributed by atoms with Crippen LogP contribution in [-0.4, -0.2) is 30.3 Å². The Hall–Kier alpha value is -2.81. The number of para-hydroxylation sites is 1. The molecule has 3 rings (SSSR count). The quantitative estimate of drug-likeness (QED) is 0.417. The number of rotatable bonds is 9.